The lowest BCUT2D eigenvalue weighted by molar-refractivity contribution is -0.121. The Bertz CT molecular complexity index is 787. The summed E-state index contributed by atoms with van der Waals surface area (Å²) in [6, 6.07) is 12.9. The average Bonchev–Trinajstić information content (AvgIpc) is 2.49. The summed E-state index contributed by atoms with van der Waals surface area (Å²) in [5, 5.41) is 8.54. The molecule has 0 saturated carbocycles. The molecule has 122 valence electrons. The largest absolute Gasteiger partial charge is 0.349 e. The molecule has 23 heavy (non-hydrogen) atoms. The number of carbonyl (C=O) groups excluding carboxylic acids is 1. The van der Waals surface area contributed by atoms with Crippen LogP contribution in [-0.2, 0) is 21.2 Å². The summed E-state index contributed by atoms with van der Waals surface area (Å²) in [5.41, 5.74) is 1.66. The number of carbonyl (C=O) groups is 1. The first-order chi connectivity index (χ1) is 10.8. The van der Waals surface area contributed by atoms with Crippen molar-refractivity contribution in [3.63, 3.8) is 0 Å². The molecule has 0 aliphatic carbocycles. The second kappa shape index (κ2) is 7.12. The molecule has 2 rings (SSSR count). The van der Waals surface area contributed by atoms with E-state index in [0.29, 0.717) is 5.02 Å². The van der Waals surface area contributed by atoms with Gasteiger partial charge in [0.25, 0.3) is 0 Å². The van der Waals surface area contributed by atoms with Crippen molar-refractivity contribution < 1.29 is 13.2 Å². The molecular formula is C16H17ClN2O3S. The number of rotatable bonds is 5. The van der Waals surface area contributed by atoms with Gasteiger partial charge in [0.2, 0.25) is 15.9 Å². The minimum Gasteiger partial charge on any atom is -0.349 e. The molecule has 0 spiro atoms. The van der Waals surface area contributed by atoms with Crippen molar-refractivity contribution >= 4 is 27.5 Å². The smallest absolute Gasteiger partial charge is 0.238 e. The van der Waals surface area contributed by atoms with E-state index in [2.05, 4.69) is 5.32 Å². The van der Waals surface area contributed by atoms with E-state index in [9.17, 15) is 13.2 Å². The van der Waals surface area contributed by atoms with E-state index in [1.54, 1.807) is 36.4 Å². The summed E-state index contributed by atoms with van der Waals surface area (Å²) < 4.78 is 22.4. The molecule has 3 N–H and O–H groups in total. The highest BCUT2D eigenvalue weighted by molar-refractivity contribution is 7.89. The van der Waals surface area contributed by atoms with Gasteiger partial charge in [0.05, 0.1) is 17.4 Å². The van der Waals surface area contributed by atoms with Crippen molar-refractivity contribution in [2.24, 2.45) is 5.14 Å². The van der Waals surface area contributed by atoms with Gasteiger partial charge in [0, 0.05) is 5.02 Å². The second-order valence-electron chi connectivity index (χ2n) is 5.21. The zero-order valence-electron chi connectivity index (χ0n) is 12.5. The Hall–Kier alpha value is -1.89. The summed E-state index contributed by atoms with van der Waals surface area (Å²) >= 11 is 5.81. The summed E-state index contributed by atoms with van der Waals surface area (Å²) in [4.78, 5) is 12.1. The lowest BCUT2D eigenvalue weighted by Crippen LogP contribution is -2.28. The number of nitrogens with two attached hydrogens (primary N) is 1. The van der Waals surface area contributed by atoms with Crippen LogP contribution in [0.2, 0.25) is 5.02 Å². The predicted molar refractivity (Wildman–Crippen MR) is 89.5 cm³/mol. The molecule has 0 saturated heterocycles. The van der Waals surface area contributed by atoms with Gasteiger partial charge in [-0.15, -0.1) is 0 Å². The Morgan fingerprint density at radius 2 is 1.70 bits per heavy atom. The Balaban J connectivity index is 1.99. The highest BCUT2D eigenvalue weighted by atomic mass is 35.5. The van der Waals surface area contributed by atoms with Crippen LogP contribution < -0.4 is 10.5 Å². The van der Waals surface area contributed by atoms with Gasteiger partial charge in [-0.05, 0) is 42.3 Å². The van der Waals surface area contributed by atoms with Crippen LogP contribution in [0.25, 0.3) is 0 Å². The monoisotopic (exact) mass is 352 g/mol. The number of halogens is 1. The van der Waals surface area contributed by atoms with Crippen LogP contribution in [0, 0.1) is 0 Å². The van der Waals surface area contributed by atoms with Crippen LogP contribution in [-0.4, -0.2) is 14.3 Å². The SMILES string of the molecule is CC(NC(=O)Cc1ccc(Cl)cc1)c1ccc(S(N)(=O)=O)cc1. The zero-order chi connectivity index (χ0) is 17.0. The van der Waals surface area contributed by atoms with Gasteiger partial charge >= 0.3 is 0 Å². The summed E-state index contributed by atoms with van der Waals surface area (Å²) in [5.74, 6) is -0.129. The normalized spacial score (nSPS) is 12.7. The molecule has 7 heteroatoms. The van der Waals surface area contributed by atoms with E-state index in [-0.39, 0.29) is 23.3 Å². The summed E-state index contributed by atoms with van der Waals surface area (Å²) in [6.45, 7) is 1.83. The van der Waals surface area contributed by atoms with Gasteiger partial charge in [-0.2, -0.15) is 0 Å². The lowest BCUT2D eigenvalue weighted by Gasteiger charge is -2.15. The van der Waals surface area contributed by atoms with E-state index in [1.165, 1.54) is 12.1 Å². The average molecular weight is 353 g/mol. The molecule has 2 aromatic rings. The maximum atomic E-state index is 12.0. The maximum absolute atomic E-state index is 12.0. The highest BCUT2D eigenvalue weighted by Gasteiger charge is 2.12. The topological polar surface area (TPSA) is 89.3 Å². The van der Waals surface area contributed by atoms with E-state index < -0.39 is 10.0 Å². The molecule has 0 heterocycles. The van der Waals surface area contributed by atoms with Crippen molar-refractivity contribution in [1.82, 2.24) is 5.32 Å². The summed E-state index contributed by atoms with van der Waals surface area (Å²) in [6.07, 6.45) is 0.247. The number of sulfonamides is 1. The Kier molecular flexibility index (Phi) is 5.41. The standard InChI is InChI=1S/C16H17ClN2O3S/c1-11(13-4-8-15(9-5-13)23(18,21)22)19-16(20)10-12-2-6-14(17)7-3-12/h2-9,11H,10H2,1H3,(H,19,20)(H2,18,21,22). The minimum atomic E-state index is -3.71. The first-order valence-electron chi connectivity index (χ1n) is 6.92. The van der Waals surface area contributed by atoms with E-state index in [0.717, 1.165) is 11.1 Å². The van der Waals surface area contributed by atoms with Gasteiger partial charge in [-0.25, -0.2) is 13.6 Å². The number of hydrogen-bond donors (Lipinski definition) is 2. The molecule has 0 radical (unpaired) electrons. The molecule has 0 aromatic heterocycles. The van der Waals surface area contributed by atoms with Crippen LogP contribution in [0.4, 0.5) is 0 Å². The number of benzene rings is 2. The van der Waals surface area contributed by atoms with Crippen molar-refractivity contribution in [2.75, 3.05) is 0 Å². The molecule has 0 aliphatic heterocycles. The van der Waals surface area contributed by atoms with Crippen LogP contribution >= 0.6 is 11.6 Å². The predicted octanol–water partition coefficient (Wildman–Crippen LogP) is 2.41. The van der Waals surface area contributed by atoms with Crippen LogP contribution in [0.1, 0.15) is 24.1 Å². The molecule has 0 bridgehead atoms. The highest BCUT2D eigenvalue weighted by Crippen LogP contribution is 2.16. The molecule has 1 atom stereocenters. The van der Waals surface area contributed by atoms with Gasteiger partial charge < -0.3 is 5.32 Å². The van der Waals surface area contributed by atoms with Gasteiger partial charge in [0.15, 0.2) is 0 Å². The fourth-order valence-electron chi connectivity index (χ4n) is 2.11. The van der Waals surface area contributed by atoms with E-state index in [4.69, 9.17) is 16.7 Å². The zero-order valence-corrected chi connectivity index (χ0v) is 14.1. The maximum Gasteiger partial charge on any atom is 0.238 e. The molecule has 1 unspecified atom stereocenters. The van der Waals surface area contributed by atoms with Crippen LogP contribution in [0.3, 0.4) is 0 Å². The third-order valence-electron chi connectivity index (χ3n) is 3.36. The van der Waals surface area contributed by atoms with Crippen molar-refractivity contribution in [3.05, 3.63) is 64.7 Å². The molecular weight excluding hydrogens is 336 g/mol. The Morgan fingerprint density at radius 3 is 2.22 bits per heavy atom. The van der Waals surface area contributed by atoms with Gasteiger partial charge in [-0.1, -0.05) is 35.9 Å². The number of primary sulfonamides is 1. The van der Waals surface area contributed by atoms with Crippen molar-refractivity contribution in [3.8, 4) is 0 Å². The number of nitrogens with one attached hydrogen (secondary N) is 1. The van der Waals surface area contributed by atoms with Gasteiger partial charge in [0.1, 0.15) is 0 Å². The molecule has 0 aliphatic rings. The molecule has 5 nitrogen and oxygen atoms in total. The van der Waals surface area contributed by atoms with Crippen LogP contribution in [0.5, 0.6) is 0 Å². The Labute approximate surface area is 140 Å². The molecule has 0 fully saturated rings. The fourth-order valence-corrected chi connectivity index (χ4v) is 2.75. The minimum absolute atomic E-state index is 0.0425. The van der Waals surface area contributed by atoms with E-state index in [1.807, 2.05) is 6.92 Å². The lowest BCUT2D eigenvalue weighted by atomic mass is 10.1. The number of amides is 1. The summed E-state index contributed by atoms with van der Waals surface area (Å²) in [7, 11) is -3.71. The van der Waals surface area contributed by atoms with Crippen molar-refractivity contribution in [2.45, 2.75) is 24.3 Å². The number of hydrogen-bond acceptors (Lipinski definition) is 3. The first-order valence-corrected chi connectivity index (χ1v) is 8.85. The Morgan fingerprint density at radius 1 is 1.13 bits per heavy atom. The van der Waals surface area contributed by atoms with Crippen LogP contribution in [0.15, 0.2) is 53.4 Å². The quantitative estimate of drug-likeness (QED) is 0.865. The fraction of sp³-hybridized carbons (Fsp3) is 0.188. The third kappa shape index (κ3) is 5.06. The second-order valence-corrected chi connectivity index (χ2v) is 7.20. The van der Waals surface area contributed by atoms with Gasteiger partial charge in [-0.3, -0.25) is 4.79 Å². The van der Waals surface area contributed by atoms with E-state index >= 15 is 0 Å². The molecule has 2 aromatic carbocycles. The first kappa shape index (κ1) is 17.5. The molecule has 1 amide bonds. The van der Waals surface area contributed by atoms with Crippen molar-refractivity contribution in [1.29, 1.82) is 0 Å². The third-order valence-corrected chi connectivity index (χ3v) is 4.55.